The van der Waals surface area contributed by atoms with Crippen LogP contribution in [0.2, 0.25) is 5.02 Å². The standard InChI is InChI=1S/C12H16ClNO3/c1-3-14(7-8-17-2)10-6-4-5-9(13)11(10)12(15)16/h4-6H,3,7-8H2,1-2H3,(H,15,16). The van der Waals surface area contributed by atoms with Gasteiger partial charge in [0, 0.05) is 20.2 Å². The summed E-state index contributed by atoms with van der Waals surface area (Å²) in [6.45, 7) is 3.83. The normalized spacial score (nSPS) is 10.3. The monoisotopic (exact) mass is 257 g/mol. The van der Waals surface area contributed by atoms with Gasteiger partial charge in [-0.2, -0.15) is 0 Å². The number of aromatic carboxylic acids is 1. The lowest BCUT2D eigenvalue weighted by atomic mass is 10.1. The van der Waals surface area contributed by atoms with Crippen LogP contribution in [0, 0.1) is 0 Å². The van der Waals surface area contributed by atoms with Crippen molar-refractivity contribution in [3.05, 3.63) is 28.8 Å². The minimum atomic E-state index is -1.01. The number of anilines is 1. The molecule has 0 aromatic heterocycles. The molecule has 0 atom stereocenters. The van der Waals surface area contributed by atoms with Crippen LogP contribution in [-0.2, 0) is 4.74 Å². The summed E-state index contributed by atoms with van der Waals surface area (Å²) in [7, 11) is 1.61. The number of rotatable bonds is 6. The van der Waals surface area contributed by atoms with E-state index in [1.807, 2.05) is 11.8 Å². The smallest absolute Gasteiger partial charge is 0.339 e. The summed E-state index contributed by atoms with van der Waals surface area (Å²) in [4.78, 5) is 13.1. The van der Waals surface area contributed by atoms with Crippen LogP contribution in [0.15, 0.2) is 18.2 Å². The van der Waals surface area contributed by atoms with Crippen molar-refractivity contribution in [1.82, 2.24) is 0 Å². The summed E-state index contributed by atoms with van der Waals surface area (Å²) >= 11 is 5.92. The summed E-state index contributed by atoms with van der Waals surface area (Å²) in [6, 6.07) is 5.09. The first-order valence-corrected chi connectivity index (χ1v) is 5.75. The first-order valence-electron chi connectivity index (χ1n) is 5.37. The highest BCUT2D eigenvalue weighted by atomic mass is 35.5. The van der Waals surface area contributed by atoms with E-state index in [0.29, 0.717) is 25.4 Å². The number of nitrogens with zero attached hydrogens (tertiary/aromatic N) is 1. The first kappa shape index (κ1) is 13.8. The van der Waals surface area contributed by atoms with Crippen LogP contribution in [-0.4, -0.2) is 37.9 Å². The van der Waals surface area contributed by atoms with Crippen molar-refractivity contribution in [3.8, 4) is 0 Å². The molecule has 1 N–H and O–H groups in total. The average molecular weight is 258 g/mol. The number of methoxy groups -OCH3 is 1. The van der Waals surface area contributed by atoms with Crippen molar-refractivity contribution in [1.29, 1.82) is 0 Å². The second-order valence-corrected chi connectivity index (χ2v) is 3.92. The summed E-state index contributed by atoms with van der Waals surface area (Å²) in [6.07, 6.45) is 0. The van der Waals surface area contributed by atoms with E-state index in [2.05, 4.69) is 0 Å². The Labute approximate surface area is 106 Å². The number of carboxylic acids is 1. The van der Waals surface area contributed by atoms with Crippen LogP contribution in [0.3, 0.4) is 0 Å². The lowest BCUT2D eigenvalue weighted by Crippen LogP contribution is -2.28. The molecular formula is C12H16ClNO3. The molecule has 0 radical (unpaired) electrons. The van der Waals surface area contributed by atoms with Gasteiger partial charge in [-0.15, -0.1) is 0 Å². The number of halogens is 1. The number of ether oxygens (including phenoxy) is 1. The molecule has 0 fully saturated rings. The third-order valence-corrected chi connectivity index (χ3v) is 2.81. The van der Waals surface area contributed by atoms with Gasteiger partial charge in [-0.05, 0) is 19.1 Å². The average Bonchev–Trinajstić information content (AvgIpc) is 2.29. The Bertz CT molecular complexity index is 395. The zero-order valence-electron chi connectivity index (χ0n) is 9.94. The van der Waals surface area contributed by atoms with Crippen LogP contribution in [0.4, 0.5) is 5.69 Å². The molecule has 0 saturated heterocycles. The van der Waals surface area contributed by atoms with E-state index in [1.54, 1.807) is 25.3 Å². The summed E-state index contributed by atoms with van der Waals surface area (Å²) in [5.41, 5.74) is 0.775. The van der Waals surface area contributed by atoms with Crippen LogP contribution in [0.25, 0.3) is 0 Å². The van der Waals surface area contributed by atoms with E-state index in [1.165, 1.54) is 0 Å². The molecule has 0 aliphatic rings. The molecule has 0 heterocycles. The fourth-order valence-corrected chi connectivity index (χ4v) is 1.89. The highest BCUT2D eigenvalue weighted by Gasteiger charge is 2.17. The molecule has 94 valence electrons. The van der Waals surface area contributed by atoms with E-state index < -0.39 is 5.97 Å². The molecule has 1 aromatic carbocycles. The molecule has 0 aliphatic carbocycles. The van der Waals surface area contributed by atoms with Gasteiger partial charge in [0.1, 0.15) is 5.56 Å². The molecule has 1 aromatic rings. The van der Waals surface area contributed by atoms with Gasteiger partial charge in [-0.25, -0.2) is 4.79 Å². The van der Waals surface area contributed by atoms with Crippen molar-refractivity contribution in [2.45, 2.75) is 6.92 Å². The summed E-state index contributed by atoms with van der Waals surface area (Å²) in [5.74, 6) is -1.01. The maximum atomic E-state index is 11.2. The SMILES string of the molecule is CCN(CCOC)c1cccc(Cl)c1C(=O)O. The molecule has 17 heavy (non-hydrogen) atoms. The number of benzene rings is 1. The largest absolute Gasteiger partial charge is 0.478 e. The Morgan fingerprint density at radius 1 is 1.53 bits per heavy atom. The first-order chi connectivity index (χ1) is 8.11. The topological polar surface area (TPSA) is 49.8 Å². The zero-order chi connectivity index (χ0) is 12.8. The molecule has 5 heteroatoms. The predicted molar refractivity (Wildman–Crippen MR) is 68.2 cm³/mol. The third-order valence-electron chi connectivity index (χ3n) is 2.49. The second-order valence-electron chi connectivity index (χ2n) is 3.51. The van der Waals surface area contributed by atoms with Crippen LogP contribution < -0.4 is 4.90 Å². The quantitative estimate of drug-likeness (QED) is 0.851. The molecular weight excluding hydrogens is 242 g/mol. The molecule has 0 saturated carbocycles. The van der Waals surface area contributed by atoms with E-state index >= 15 is 0 Å². The lowest BCUT2D eigenvalue weighted by molar-refractivity contribution is 0.0697. The molecule has 0 spiro atoms. The Kier molecular flexibility index (Phi) is 5.25. The number of hydrogen-bond acceptors (Lipinski definition) is 3. The summed E-state index contributed by atoms with van der Waals surface area (Å²) in [5, 5.41) is 9.43. The van der Waals surface area contributed by atoms with Crippen molar-refractivity contribution in [2.24, 2.45) is 0 Å². The molecule has 0 unspecified atom stereocenters. The van der Waals surface area contributed by atoms with Crippen LogP contribution in [0.5, 0.6) is 0 Å². The van der Waals surface area contributed by atoms with Gasteiger partial charge < -0.3 is 14.7 Å². The molecule has 0 aliphatic heterocycles. The number of carbonyl (C=O) groups is 1. The molecule has 4 nitrogen and oxygen atoms in total. The van der Waals surface area contributed by atoms with Crippen LogP contribution >= 0.6 is 11.6 Å². The van der Waals surface area contributed by atoms with Gasteiger partial charge in [-0.1, -0.05) is 17.7 Å². The van der Waals surface area contributed by atoms with E-state index in [-0.39, 0.29) is 10.6 Å². The molecule has 0 amide bonds. The number of likely N-dealkylation sites (N-methyl/N-ethyl adjacent to an activating group) is 1. The fraction of sp³-hybridized carbons (Fsp3) is 0.417. The van der Waals surface area contributed by atoms with Crippen molar-refractivity contribution >= 4 is 23.3 Å². The third kappa shape index (κ3) is 3.35. The number of carboxylic acid groups (broad SMARTS) is 1. The maximum absolute atomic E-state index is 11.2. The van der Waals surface area contributed by atoms with Gasteiger partial charge in [0.15, 0.2) is 0 Å². The van der Waals surface area contributed by atoms with Crippen molar-refractivity contribution < 1.29 is 14.6 Å². The predicted octanol–water partition coefficient (Wildman–Crippen LogP) is 2.51. The van der Waals surface area contributed by atoms with Crippen molar-refractivity contribution in [2.75, 3.05) is 31.7 Å². The fourth-order valence-electron chi connectivity index (χ4n) is 1.64. The number of hydrogen-bond donors (Lipinski definition) is 1. The molecule has 1 rings (SSSR count). The highest BCUT2D eigenvalue weighted by Crippen LogP contribution is 2.27. The Hall–Kier alpha value is -1.26. The van der Waals surface area contributed by atoms with Gasteiger partial charge in [0.25, 0.3) is 0 Å². The Balaban J connectivity index is 3.09. The van der Waals surface area contributed by atoms with E-state index in [4.69, 9.17) is 16.3 Å². The lowest BCUT2D eigenvalue weighted by Gasteiger charge is -2.24. The van der Waals surface area contributed by atoms with E-state index in [9.17, 15) is 9.90 Å². The van der Waals surface area contributed by atoms with Gasteiger partial charge in [0.05, 0.1) is 17.3 Å². The molecule has 0 bridgehead atoms. The van der Waals surface area contributed by atoms with E-state index in [0.717, 1.165) is 0 Å². The van der Waals surface area contributed by atoms with Gasteiger partial charge >= 0.3 is 5.97 Å². The summed E-state index contributed by atoms with van der Waals surface area (Å²) < 4.78 is 5.00. The minimum Gasteiger partial charge on any atom is -0.478 e. The van der Waals surface area contributed by atoms with Crippen LogP contribution in [0.1, 0.15) is 17.3 Å². The zero-order valence-corrected chi connectivity index (χ0v) is 10.7. The Morgan fingerprint density at radius 2 is 2.24 bits per heavy atom. The van der Waals surface area contributed by atoms with Gasteiger partial charge in [0.2, 0.25) is 0 Å². The Morgan fingerprint density at radius 3 is 2.76 bits per heavy atom. The van der Waals surface area contributed by atoms with Crippen molar-refractivity contribution in [3.63, 3.8) is 0 Å². The highest BCUT2D eigenvalue weighted by molar-refractivity contribution is 6.34. The maximum Gasteiger partial charge on any atom is 0.339 e. The second kappa shape index (κ2) is 6.47. The van der Waals surface area contributed by atoms with Gasteiger partial charge in [-0.3, -0.25) is 0 Å². The minimum absolute atomic E-state index is 0.145.